The minimum atomic E-state index is -1.50. The number of halogens is 2. The molecule has 0 fully saturated rings. The fourth-order valence-corrected chi connectivity index (χ4v) is 4.28. The summed E-state index contributed by atoms with van der Waals surface area (Å²) in [6.07, 6.45) is 2.50. The first-order valence-electron chi connectivity index (χ1n) is 9.83. The van der Waals surface area contributed by atoms with E-state index in [0.29, 0.717) is 37.7 Å². The number of benzene rings is 1. The SMILES string of the molecule is Cn1c(=O)n(CC(=O)O)c(=O)n(-c2cc(-n3c(O)c4c(c3O)CCCC4)c(F)cc2Cl)c1=O. The molecule has 0 bridgehead atoms. The van der Waals surface area contributed by atoms with Crippen LogP contribution in [0.4, 0.5) is 4.39 Å². The third-order valence-electron chi connectivity index (χ3n) is 5.64. The molecule has 0 aliphatic heterocycles. The van der Waals surface area contributed by atoms with Crippen LogP contribution in [0.5, 0.6) is 11.8 Å². The first kappa shape index (κ1) is 22.4. The van der Waals surface area contributed by atoms with Crippen LogP contribution in [0, 0.1) is 5.82 Å². The smallest absolute Gasteiger partial charge is 0.341 e. The van der Waals surface area contributed by atoms with Gasteiger partial charge in [0.1, 0.15) is 12.4 Å². The molecule has 2 aromatic heterocycles. The molecule has 174 valence electrons. The van der Waals surface area contributed by atoms with Crippen molar-refractivity contribution in [3.8, 4) is 23.1 Å². The van der Waals surface area contributed by atoms with E-state index in [-0.39, 0.29) is 17.4 Å². The molecular formula is C20H18ClFN4O7. The van der Waals surface area contributed by atoms with Crippen LogP contribution in [-0.2, 0) is 31.2 Å². The number of aliphatic carboxylic acids is 1. The lowest BCUT2D eigenvalue weighted by molar-refractivity contribution is -0.137. The normalized spacial score (nSPS) is 13.2. The van der Waals surface area contributed by atoms with Crippen LogP contribution < -0.4 is 17.1 Å². The van der Waals surface area contributed by atoms with Crippen LogP contribution in [0.2, 0.25) is 5.02 Å². The van der Waals surface area contributed by atoms with E-state index in [1.807, 2.05) is 0 Å². The van der Waals surface area contributed by atoms with Crippen molar-refractivity contribution in [2.24, 2.45) is 7.05 Å². The van der Waals surface area contributed by atoms with Crippen molar-refractivity contribution in [1.29, 1.82) is 0 Å². The maximum atomic E-state index is 14.9. The standard InChI is InChI=1S/C20H18ClFN4O7/c1-23-18(31)24(8-15(27)28)20(33)26(19(23)32)13-7-14(12(22)6-11(13)21)25-16(29)9-4-2-3-5-10(9)17(25)30/h6-7,29-30H,2-5,8H2,1H3,(H,27,28). The molecule has 0 unspecified atom stereocenters. The lowest BCUT2D eigenvalue weighted by Gasteiger charge is -2.15. The van der Waals surface area contributed by atoms with Crippen molar-refractivity contribution in [1.82, 2.24) is 18.3 Å². The van der Waals surface area contributed by atoms with Gasteiger partial charge in [-0.3, -0.25) is 4.79 Å². The average Bonchev–Trinajstić information content (AvgIpc) is 3.02. The molecule has 11 nitrogen and oxygen atoms in total. The molecule has 4 rings (SSSR count). The van der Waals surface area contributed by atoms with Crippen molar-refractivity contribution in [2.75, 3.05) is 0 Å². The zero-order valence-electron chi connectivity index (χ0n) is 17.2. The molecule has 0 saturated carbocycles. The predicted octanol–water partition coefficient (Wildman–Crippen LogP) is 0.656. The van der Waals surface area contributed by atoms with Crippen molar-refractivity contribution in [3.05, 3.63) is 65.6 Å². The van der Waals surface area contributed by atoms with Crippen LogP contribution in [0.15, 0.2) is 26.5 Å². The van der Waals surface area contributed by atoms with E-state index >= 15 is 0 Å². The Morgan fingerprint density at radius 3 is 2.09 bits per heavy atom. The number of hydrogen-bond donors (Lipinski definition) is 3. The van der Waals surface area contributed by atoms with E-state index in [9.17, 15) is 33.8 Å². The van der Waals surface area contributed by atoms with Gasteiger partial charge >= 0.3 is 23.0 Å². The number of hydrogen-bond acceptors (Lipinski definition) is 6. The Morgan fingerprint density at radius 2 is 1.55 bits per heavy atom. The van der Waals surface area contributed by atoms with Crippen LogP contribution in [0.1, 0.15) is 24.0 Å². The molecule has 3 aromatic rings. The lowest BCUT2D eigenvalue weighted by Crippen LogP contribution is -2.53. The minimum absolute atomic E-state index is 0.312. The lowest BCUT2D eigenvalue weighted by atomic mass is 9.95. The summed E-state index contributed by atoms with van der Waals surface area (Å²) in [7, 11) is 1.04. The van der Waals surface area contributed by atoms with Gasteiger partial charge in [0.05, 0.1) is 16.4 Å². The van der Waals surface area contributed by atoms with E-state index < -0.39 is 46.1 Å². The molecule has 2 heterocycles. The van der Waals surface area contributed by atoms with Gasteiger partial charge in [0, 0.05) is 18.2 Å². The van der Waals surface area contributed by atoms with Crippen molar-refractivity contribution < 1.29 is 24.5 Å². The molecule has 1 aromatic carbocycles. The molecule has 1 aliphatic carbocycles. The summed E-state index contributed by atoms with van der Waals surface area (Å²) >= 11 is 6.11. The predicted molar refractivity (Wildman–Crippen MR) is 113 cm³/mol. The van der Waals surface area contributed by atoms with Gasteiger partial charge in [0.2, 0.25) is 11.8 Å². The number of rotatable bonds is 4. The first-order valence-corrected chi connectivity index (χ1v) is 10.2. The van der Waals surface area contributed by atoms with Gasteiger partial charge < -0.3 is 15.3 Å². The summed E-state index contributed by atoms with van der Waals surface area (Å²) in [5.41, 5.74) is -3.44. The Bertz CT molecular complexity index is 1470. The summed E-state index contributed by atoms with van der Waals surface area (Å²) in [5, 5.41) is 29.9. The van der Waals surface area contributed by atoms with Crippen molar-refractivity contribution >= 4 is 17.6 Å². The second-order valence-corrected chi connectivity index (χ2v) is 8.03. The highest BCUT2D eigenvalue weighted by Crippen LogP contribution is 2.42. The summed E-state index contributed by atoms with van der Waals surface area (Å²) in [4.78, 5) is 49.0. The summed E-state index contributed by atoms with van der Waals surface area (Å²) in [6, 6.07) is 1.74. The van der Waals surface area contributed by atoms with Gasteiger partial charge in [0.25, 0.3) is 0 Å². The number of carboxylic acids is 1. The average molecular weight is 481 g/mol. The topological polar surface area (TPSA) is 149 Å². The maximum Gasteiger partial charge on any atom is 0.341 e. The van der Waals surface area contributed by atoms with E-state index in [1.165, 1.54) is 0 Å². The van der Waals surface area contributed by atoms with Gasteiger partial charge in [-0.2, -0.15) is 0 Å². The van der Waals surface area contributed by atoms with Crippen molar-refractivity contribution in [3.63, 3.8) is 0 Å². The number of carbonyl (C=O) groups is 1. The van der Waals surface area contributed by atoms with Gasteiger partial charge in [-0.25, -0.2) is 37.0 Å². The molecule has 0 atom stereocenters. The number of carboxylic acid groups (broad SMARTS) is 1. The van der Waals surface area contributed by atoms with Gasteiger partial charge in [-0.1, -0.05) is 11.6 Å². The highest BCUT2D eigenvalue weighted by atomic mass is 35.5. The molecule has 0 radical (unpaired) electrons. The van der Waals surface area contributed by atoms with Crippen LogP contribution in [-0.4, -0.2) is 39.6 Å². The second-order valence-electron chi connectivity index (χ2n) is 7.62. The van der Waals surface area contributed by atoms with Gasteiger partial charge in [-0.15, -0.1) is 0 Å². The Balaban J connectivity index is 2.04. The van der Waals surface area contributed by atoms with Gasteiger partial charge in [0.15, 0.2) is 0 Å². The number of aromatic nitrogens is 4. The molecule has 0 saturated heterocycles. The third-order valence-corrected chi connectivity index (χ3v) is 5.94. The molecular weight excluding hydrogens is 463 g/mol. The molecule has 0 amide bonds. The Labute approximate surface area is 188 Å². The van der Waals surface area contributed by atoms with Crippen LogP contribution in [0.25, 0.3) is 11.4 Å². The van der Waals surface area contributed by atoms with Gasteiger partial charge in [-0.05, 0) is 37.8 Å². The number of fused-ring (bicyclic) bond motifs is 1. The molecule has 3 N–H and O–H groups in total. The van der Waals surface area contributed by atoms with E-state index in [2.05, 4.69) is 0 Å². The largest absolute Gasteiger partial charge is 0.494 e. The highest BCUT2D eigenvalue weighted by Gasteiger charge is 2.28. The molecule has 0 spiro atoms. The highest BCUT2D eigenvalue weighted by molar-refractivity contribution is 6.32. The quantitative estimate of drug-likeness (QED) is 0.496. The van der Waals surface area contributed by atoms with E-state index in [0.717, 1.165) is 36.6 Å². The monoisotopic (exact) mass is 480 g/mol. The fourth-order valence-electron chi connectivity index (χ4n) is 4.04. The van der Waals surface area contributed by atoms with Crippen LogP contribution >= 0.6 is 11.6 Å². The molecule has 33 heavy (non-hydrogen) atoms. The first-order chi connectivity index (χ1) is 15.5. The second kappa shape index (κ2) is 7.96. The minimum Gasteiger partial charge on any atom is -0.494 e. The molecule has 13 heteroatoms. The van der Waals surface area contributed by atoms with E-state index in [4.69, 9.17) is 16.7 Å². The maximum absolute atomic E-state index is 14.9. The zero-order valence-corrected chi connectivity index (χ0v) is 18.0. The Morgan fingerprint density at radius 1 is 0.970 bits per heavy atom. The third kappa shape index (κ3) is 3.42. The Hall–Kier alpha value is -3.80. The summed E-state index contributed by atoms with van der Waals surface area (Å²) in [6.45, 7) is -1.02. The summed E-state index contributed by atoms with van der Waals surface area (Å²) < 4.78 is 17.0. The summed E-state index contributed by atoms with van der Waals surface area (Å²) in [5.74, 6) is -3.24. The van der Waals surface area contributed by atoms with Crippen molar-refractivity contribution in [2.45, 2.75) is 32.2 Å². The number of nitrogens with zero attached hydrogens (tertiary/aromatic N) is 4. The fraction of sp³-hybridized carbons (Fsp3) is 0.300. The van der Waals surface area contributed by atoms with Crippen LogP contribution in [0.3, 0.4) is 0 Å². The number of aromatic hydroxyl groups is 2. The molecule has 1 aliphatic rings. The van der Waals surface area contributed by atoms with E-state index in [1.54, 1.807) is 0 Å². The zero-order chi connectivity index (χ0) is 24.2. The Kier molecular flexibility index (Phi) is 5.40.